The standard InChI is InChI=1S/C17H35NO/c1-3-4-5-6-7-8-9-10-11-17(19)13-12-16(2)14-15-18/h16H,3-15,18H2,1-2H3. The SMILES string of the molecule is CCCCCCCCCCC(=O)CCC(C)CCN. The molecule has 0 bridgehead atoms. The Balaban J connectivity index is 3.25. The minimum absolute atomic E-state index is 0.454. The van der Waals surface area contributed by atoms with Crippen LogP contribution >= 0.6 is 0 Å². The molecule has 0 aromatic carbocycles. The molecule has 2 nitrogen and oxygen atoms in total. The highest BCUT2D eigenvalue weighted by molar-refractivity contribution is 5.78. The van der Waals surface area contributed by atoms with Crippen LogP contribution in [0.3, 0.4) is 0 Å². The number of carbonyl (C=O) groups excluding carboxylic acids is 1. The molecule has 19 heavy (non-hydrogen) atoms. The first-order chi connectivity index (χ1) is 9.20. The molecule has 0 saturated heterocycles. The number of hydrogen-bond donors (Lipinski definition) is 1. The van der Waals surface area contributed by atoms with Crippen LogP contribution in [0.15, 0.2) is 0 Å². The number of unbranched alkanes of at least 4 members (excludes halogenated alkanes) is 7. The fourth-order valence-electron chi connectivity index (χ4n) is 2.42. The highest BCUT2D eigenvalue weighted by Crippen LogP contribution is 2.13. The first-order valence-corrected chi connectivity index (χ1v) is 8.42. The predicted molar refractivity (Wildman–Crippen MR) is 84.3 cm³/mol. The van der Waals surface area contributed by atoms with Gasteiger partial charge in [-0.2, -0.15) is 0 Å². The summed E-state index contributed by atoms with van der Waals surface area (Å²) in [4.78, 5) is 11.7. The summed E-state index contributed by atoms with van der Waals surface area (Å²) in [5, 5.41) is 0. The molecule has 0 amide bonds. The van der Waals surface area contributed by atoms with Gasteiger partial charge in [0.2, 0.25) is 0 Å². The van der Waals surface area contributed by atoms with Gasteiger partial charge in [0.05, 0.1) is 0 Å². The van der Waals surface area contributed by atoms with Gasteiger partial charge in [-0.25, -0.2) is 0 Å². The zero-order valence-corrected chi connectivity index (χ0v) is 13.3. The summed E-state index contributed by atoms with van der Waals surface area (Å²) in [5.41, 5.74) is 5.51. The molecular weight excluding hydrogens is 234 g/mol. The normalized spacial score (nSPS) is 12.6. The third-order valence-corrected chi connectivity index (χ3v) is 3.88. The first kappa shape index (κ1) is 18.6. The molecule has 0 spiro atoms. The maximum Gasteiger partial charge on any atom is 0.132 e. The van der Waals surface area contributed by atoms with E-state index in [1.165, 1.54) is 44.9 Å². The number of rotatable bonds is 14. The zero-order valence-electron chi connectivity index (χ0n) is 13.3. The Labute approximate surface area is 120 Å². The molecule has 114 valence electrons. The molecule has 1 atom stereocenters. The Hall–Kier alpha value is -0.370. The second-order valence-corrected chi connectivity index (χ2v) is 5.98. The van der Waals surface area contributed by atoms with Crippen LogP contribution in [0.2, 0.25) is 0 Å². The van der Waals surface area contributed by atoms with Gasteiger partial charge in [0, 0.05) is 12.8 Å². The van der Waals surface area contributed by atoms with Crippen LogP contribution in [0.1, 0.15) is 90.9 Å². The molecule has 0 aliphatic heterocycles. The van der Waals surface area contributed by atoms with Crippen molar-refractivity contribution in [3.8, 4) is 0 Å². The molecular formula is C17H35NO. The Morgan fingerprint density at radius 1 is 0.895 bits per heavy atom. The summed E-state index contributed by atoms with van der Waals surface area (Å²) < 4.78 is 0. The first-order valence-electron chi connectivity index (χ1n) is 8.42. The number of nitrogens with two attached hydrogens (primary N) is 1. The molecule has 0 fully saturated rings. The zero-order chi connectivity index (χ0) is 14.3. The van der Waals surface area contributed by atoms with E-state index in [1.807, 2.05) is 0 Å². The summed E-state index contributed by atoms with van der Waals surface area (Å²) in [6.45, 7) is 5.18. The molecule has 0 aliphatic rings. The number of carbonyl (C=O) groups is 1. The van der Waals surface area contributed by atoms with Gasteiger partial charge in [0.15, 0.2) is 0 Å². The Kier molecular flexibility index (Phi) is 13.8. The lowest BCUT2D eigenvalue weighted by Gasteiger charge is -2.08. The van der Waals surface area contributed by atoms with E-state index in [-0.39, 0.29) is 0 Å². The van der Waals surface area contributed by atoms with E-state index in [9.17, 15) is 4.79 Å². The van der Waals surface area contributed by atoms with Gasteiger partial charge in [-0.15, -0.1) is 0 Å². The molecule has 0 aromatic heterocycles. The molecule has 1 unspecified atom stereocenters. The van der Waals surface area contributed by atoms with Crippen molar-refractivity contribution in [3.05, 3.63) is 0 Å². The van der Waals surface area contributed by atoms with E-state index in [1.54, 1.807) is 0 Å². The smallest absolute Gasteiger partial charge is 0.132 e. The highest BCUT2D eigenvalue weighted by Gasteiger charge is 2.06. The van der Waals surface area contributed by atoms with Crippen LogP contribution in [0.4, 0.5) is 0 Å². The molecule has 0 aromatic rings. The van der Waals surface area contributed by atoms with Crippen LogP contribution in [0.25, 0.3) is 0 Å². The van der Waals surface area contributed by atoms with E-state index in [2.05, 4.69) is 13.8 Å². The topological polar surface area (TPSA) is 43.1 Å². The molecule has 0 saturated carbocycles. The van der Waals surface area contributed by atoms with Crippen molar-refractivity contribution in [1.82, 2.24) is 0 Å². The molecule has 0 heterocycles. The molecule has 2 N–H and O–H groups in total. The van der Waals surface area contributed by atoms with Crippen molar-refractivity contribution < 1.29 is 4.79 Å². The van der Waals surface area contributed by atoms with Crippen molar-refractivity contribution in [2.75, 3.05) is 6.54 Å². The van der Waals surface area contributed by atoms with Gasteiger partial charge in [-0.3, -0.25) is 4.79 Å². The third-order valence-electron chi connectivity index (χ3n) is 3.88. The Morgan fingerprint density at radius 3 is 2.05 bits per heavy atom. The van der Waals surface area contributed by atoms with Crippen molar-refractivity contribution in [3.63, 3.8) is 0 Å². The van der Waals surface area contributed by atoms with E-state index in [0.29, 0.717) is 11.7 Å². The van der Waals surface area contributed by atoms with Gasteiger partial charge in [-0.1, -0.05) is 58.8 Å². The minimum Gasteiger partial charge on any atom is -0.330 e. The number of Topliss-reactive ketones (excluding diaryl/α,β-unsaturated/α-hetero) is 1. The van der Waals surface area contributed by atoms with Gasteiger partial charge >= 0.3 is 0 Å². The summed E-state index contributed by atoms with van der Waals surface area (Å²) >= 11 is 0. The lowest BCUT2D eigenvalue weighted by atomic mass is 9.98. The van der Waals surface area contributed by atoms with Gasteiger partial charge < -0.3 is 5.73 Å². The predicted octanol–water partition coefficient (Wildman–Crippen LogP) is 4.85. The molecule has 2 heteroatoms. The molecule has 0 rings (SSSR count). The van der Waals surface area contributed by atoms with Crippen LogP contribution in [-0.4, -0.2) is 12.3 Å². The molecule has 0 aliphatic carbocycles. The largest absolute Gasteiger partial charge is 0.330 e. The van der Waals surface area contributed by atoms with Crippen molar-refractivity contribution in [2.45, 2.75) is 90.9 Å². The monoisotopic (exact) mass is 269 g/mol. The highest BCUT2D eigenvalue weighted by atomic mass is 16.1. The van der Waals surface area contributed by atoms with Crippen molar-refractivity contribution in [2.24, 2.45) is 11.7 Å². The van der Waals surface area contributed by atoms with Crippen LogP contribution in [0, 0.1) is 5.92 Å². The number of hydrogen-bond acceptors (Lipinski definition) is 2. The minimum atomic E-state index is 0.454. The maximum atomic E-state index is 11.7. The average molecular weight is 269 g/mol. The summed E-state index contributed by atoms with van der Waals surface area (Å²) in [7, 11) is 0. The van der Waals surface area contributed by atoms with E-state index < -0.39 is 0 Å². The quantitative estimate of drug-likeness (QED) is 0.458. The summed E-state index contributed by atoms with van der Waals surface area (Å²) in [6, 6.07) is 0. The number of ketones is 1. The summed E-state index contributed by atoms with van der Waals surface area (Å²) in [5.74, 6) is 1.06. The molecule has 0 radical (unpaired) electrons. The second-order valence-electron chi connectivity index (χ2n) is 5.98. The fraction of sp³-hybridized carbons (Fsp3) is 0.941. The Morgan fingerprint density at radius 2 is 1.47 bits per heavy atom. The van der Waals surface area contributed by atoms with Crippen LogP contribution < -0.4 is 5.73 Å². The van der Waals surface area contributed by atoms with Crippen LogP contribution in [0.5, 0.6) is 0 Å². The van der Waals surface area contributed by atoms with Crippen molar-refractivity contribution >= 4 is 5.78 Å². The van der Waals surface area contributed by atoms with E-state index in [4.69, 9.17) is 5.73 Å². The van der Waals surface area contributed by atoms with Crippen molar-refractivity contribution in [1.29, 1.82) is 0 Å². The fourth-order valence-corrected chi connectivity index (χ4v) is 2.42. The Bertz CT molecular complexity index is 203. The van der Waals surface area contributed by atoms with E-state index >= 15 is 0 Å². The van der Waals surface area contributed by atoms with Crippen LogP contribution in [-0.2, 0) is 4.79 Å². The lowest BCUT2D eigenvalue weighted by molar-refractivity contribution is -0.119. The van der Waals surface area contributed by atoms with Gasteiger partial charge in [-0.05, 0) is 31.7 Å². The van der Waals surface area contributed by atoms with Gasteiger partial charge in [0.1, 0.15) is 5.78 Å². The average Bonchev–Trinajstić information content (AvgIpc) is 2.40. The van der Waals surface area contributed by atoms with Gasteiger partial charge in [0.25, 0.3) is 0 Å². The maximum absolute atomic E-state index is 11.7. The third kappa shape index (κ3) is 13.9. The van der Waals surface area contributed by atoms with E-state index in [0.717, 1.165) is 38.6 Å². The lowest BCUT2D eigenvalue weighted by Crippen LogP contribution is -2.08. The second kappa shape index (κ2) is 14.0. The summed E-state index contributed by atoms with van der Waals surface area (Å²) in [6.07, 6.45) is 14.1.